The van der Waals surface area contributed by atoms with Crippen LogP contribution in [0.3, 0.4) is 0 Å². The maximum absolute atomic E-state index is 14.3. The van der Waals surface area contributed by atoms with Gasteiger partial charge in [-0.2, -0.15) is 87.8 Å². The van der Waals surface area contributed by atoms with Crippen molar-refractivity contribution in [1.82, 2.24) is 0 Å². The van der Waals surface area contributed by atoms with E-state index < -0.39 is 89.3 Å². The van der Waals surface area contributed by atoms with E-state index in [0.717, 1.165) is 0 Å². The van der Waals surface area contributed by atoms with Crippen molar-refractivity contribution in [2.24, 2.45) is 0 Å². The summed E-state index contributed by atoms with van der Waals surface area (Å²) in [4.78, 5) is 45.2. The third kappa shape index (κ3) is 5.52. The van der Waals surface area contributed by atoms with Gasteiger partial charge in [-0.1, -0.05) is 0 Å². The van der Waals surface area contributed by atoms with Crippen LogP contribution in [-0.2, 0) is 19.2 Å². The molecule has 26 heteroatoms. The number of hydrogen-bond acceptors (Lipinski definition) is 4. The van der Waals surface area contributed by atoms with Crippen molar-refractivity contribution in [2.75, 3.05) is 0 Å². The van der Waals surface area contributed by atoms with Crippen LogP contribution >= 0.6 is 0 Å². The fourth-order valence-corrected chi connectivity index (χ4v) is 2.29. The monoisotopic (exact) mass is 664 g/mol. The summed E-state index contributed by atoms with van der Waals surface area (Å²) in [7, 11) is 0. The molecule has 2 unspecified atom stereocenters. The number of halogens is 22. The molecule has 0 aromatic rings. The van der Waals surface area contributed by atoms with E-state index in [0.29, 0.717) is 0 Å². The van der Waals surface area contributed by atoms with Crippen molar-refractivity contribution in [2.45, 2.75) is 66.2 Å². The third-order valence-electron chi connectivity index (χ3n) is 4.57. The van der Waals surface area contributed by atoms with Crippen molar-refractivity contribution in [3.63, 3.8) is 0 Å². The number of Topliss-reactive ketones (excluding diaryl/α,β-unsaturated/α-hetero) is 4. The van der Waals surface area contributed by atoms with Gasteiger partial charge in [0.2, 0.25) is 0 Å². The smallest absolute Gasteiger partial charge is 0.295 e. The third-order valence-corrected chi connectivity index (χ3v) is 4.57. The molecule has 0 radical (unpaired) electrons. The molecule has 0 saturated carbocycles. The Kier molecular flexibility index (Phi) is 9.17. The average Bonchev–Trinajstić information content (AvgIpc) is 2.72. The summed E-state index contributed by atoms with van der Waals surface area (Å²) in [5.74, 6) is -53.0. The molecule has 240 valence electrons. The Hall–Kier alpha value is -2.86. The molecule has 0 spiro atoms. The van der Waals surface area contributed by atoms with Crippen LogP contribution in [0.15, 0.2) is 0 Å². The summed E-state index contributed by atoms with van der Waals surface area (Å²) >= 11 is 0. The van der Waals surface area contributed by atoms with E-state index in [1.54, 1.807) is 0 Å². The molecule has 4 nitrogen and oxygen atoms in total. The zero-order valence-corrected chi connectivity index (χ0v) is 17.7. The van der Waals surface area contributed by atoms with Gasteiger partial charge in [0.1, 0.15) is 0 Å². The number of rotatable bonds is 10. The van der Waals surface area contributed by atoms with Gasteiger partial charge in [-0.25, -0.2) is 8.78 Å². The Morgan fingerprint density at radius 1 is 0.341 bits per heavy atom. The molecule has 0 saturated heterocycles. The second kappa shape index (κ2) is 9.86. The van der Waals surface area contributed by atoms with E-state index in [1.165, 1.54) is 0 Å². The molecule has 0 fully saturated rings. The van der Waals surface area contributed by atoms with Crippen molar-refractivity contribution < 1.29 is 116 Å². The quantitative estimate of drug-likeness (QED) is 0.217. The molecule has 0 heterocycles. The van der Waals surface area contributed by atoms with Gasteiger partial charge in [0.05, 0.1) is 6.42 Å². The van der Waals surface area contributed by atoms with E-state index >= 15 is 0 Å². The van der Waals surface area contributed by atoms with Crippen LogP contribution < -0.4 is 0 Å². The second-order valence-corrected chi connectivity index (χ2v) is 7.29. The minimum Gasteiger partial charge on any atom is -0.295 e. The van der Waals surface area contributed by atoms with E-state index in [4.69, 9.17) is 0 Å². The van der Waals surface area contributed by atoms with Crippen LogP contribution in [0.5, 0.6) is 0 Å². The minimum atomic E-state index is -8.08. The Balaban J connectivity index is 7.13. The lowest BCUT2D eigenvalue weighted by atomic mass is 9.81. The summed E-state index contributed by atoms with van der Waals surface area (Å²) in [6.45, 7) is 0. The van der Waals surface area contributed by atoms with E-state index in [-0.39, 0.29) is 0 Å². The second-order valence-electron chi connectivity index (χ2n) is 7.29. The summed E-state index contributed by atoms with van der Waals surface area (Å²) in [6.07, 6.45) is -35.8. The first-order chi connectivity index (χ1) is 17.4. The standard InChI is InChI=1S/C15H2F22O4/c16-6(12(26,27)28,4(40)8(18,19)10(22,23)14(32,33)34)2(38)1-3(39)7(17,13(29,30)31)5(41)9(20,21)11(24,25)15(35,36)37/h1H2. The van der Waals surface area contributed by atoms with Gasteiger partial charge in [0.25, 0.3) is 11.6 Å². The Labute approximate surface area is 206 Å². The maximum atomic E-state index is 14.3. The SMILES string of the molecule is O=C(CC(=O)C(F)(C(=O)C(F)(F)C(F)(F)C(F)(F)F)C(F)(F)F)C(F)(C(=O)C(F)(F)C(F)(F)C(F)(F)F)C(F)(F)F. The van der Waals surface area contributed by atoms with Crippen LogP contribution in [-0.4, -0.2) is 82.9 Å². The molecule has 0 aliphatic carbocycles. The van der Waals surface area contributed by atoms with Crippen LogP contribution in [0.4, 0.5) is 96.6 Å². The highest BCUT2D eigenvalue weighted by Gasteiger charge is 2.85. The van der Waals surface area contributed by atoms with Gasteiger partial charge in [0.15, 0.2) is 11.6 Å². The topological polar surface area (TPSA) is 68.3 Å². The largest absolute Gasteiger partial charge is 0.460 e. The molecule has 0 amide bonds. The van der Waals surface area contributed by atoms with Gasteiger partial charge in [-0.05, 0) is 0 Å². The molecule has 0 aromatic carbocycles. The lowest BCUT2D eigenvalue weighted by Crippen LogP contribution is -2.68. The van der Waals surface area contributed by atoms with Gasteiger partial charge >= 0.3 is 59.7 Å². The molecular formula is C15H2F22O4. The van der Waals surface area contributed by atoms with E-state index in [9.17, 15) is 116 Å². The molecule has 0 bridgehead atoms. The lowest BCUT2D eigenvalue weighted by molar-refractivity contribution is -0.348. The Morgan fingerprint density at radius 3 is 0.683 bits per heavy atom. The molecule has 0 aliphatic heterocycles. The highest BCUT2D eigenvalue weighted by Crippen LogP contribution is 2.53. The predicted octanol–water partition coefficient (Wildman–Crippen LogP) is 5.86. The predicted molar refractivity (Wildman–Crippen MR) is 76.3 cm³/mol. The van der Waals surface area contributed by atoms with Crippen LogP contribution in [0.25, 0.3) is 0 Å². The highest BCUT2D eigenvalue weighted by atomic mass is 19.4. The number of alkyl halides is 22. The summed E-state index contributed by atoms with van der Waals surface area (Å²) < 4.78 is 284. The maximum Gasteiger partial charge on any atom is 0.460 e. The van der Waals surface area contributed by atoms with E-state index in [1.807, 2.05) is 0 Å². The fourth-order valence-electron chi connectivity index (χ4n) is 2.29. The van der Waals surface area contributed by atoms with Gasteiger partial charge in [0, 0.05) is 0 Å². The van der Waals surface area contributed by atoms with Crippen LogP contribution in [0.1, 0.15) is 6.42 Å². The zero-order valence-electron chi connectivity index (χ0n) is 17.7. The van der Waals surface area contributed by atoms with Gasteiger partial charge in [-0.15, -0.1) is 0 Å². The fraction of sp³-hybridized carbons (Fsp3) is 0.733. The van der Waals surface area contributed by atoms with E-state index in [2.05, 4.69) is 0 Å². The summed E-state index contributed by atoms with van der Waals surface area (Å²) in [5.41, 5.74) is -15.4. The highest BCUT2D eigenvalue weighted by molar-refractivity contribution is 6.24. The minimum absolute atomic E-state index is 4.37. The number of carbonyl (C=O) groups excluding carboxylic acids is 4. The van der Waals surface area contributed by atoms with Crippen LogP contribution in [0, 0.1) is 0 Å². The summed E-state index contributed by atoms with van der Waals surface area (Å²) in [6, 6.07) is 0. The molecule has 0 aliphatic rings. The lowest BCUT2D eigenvalue weighted by Gasteiger charge is -2.34. The average molecular weight is 664 g/mol. The molecular weight excluding hydrogens is 662 g/mol. The Bertz CT molecular complexity index is 991. The molecule has 2 atom stereocenters. The van der Waals surface area contributed by atoms with Crippen LogP contribution in [0.2, 0.25) is 0 Å². The first-order valence-electron chi connectivity index (χ1n) is 8.68. The Morgan fingerprint density at radius 2 is 0.537 bits per heavy atom. The molecule has 0 rings (SSSR count). The van der Waals surface area contributed by atoms with Crippen molar-refractivity contribution in [3.8, 4) is 0 Å². The normalized spacial score (nSPS) is 17.9. The summed E-state index contributed by atoms with van der Waals surface area (Å²) in [5, 5.41) is 0. The first-order valence-corrected chi connectivity index (χ1v) is 8.68. The van der Waals surface area contributed by atoms with Gasteiger partial charge in [-0.3, -0.25) is 19.2 Å². The van der Waals surface area contributed by atoms with Gasteiger partial charge < -0.3 is 0 Å². The van der Waals surface area contributed by atoms with Crippen molar-refractivity contribution in [1.29, 1.82) is 0 Å². The molecule has 0 N–H and O–H groups in total. The zero-order chi connectivity index (χ0) is 34.0. The number of ketones is 4. The molecule has 0 aromatic heterocycles. The number of carbonyl (C=O) groups is 4. The molecule has 41 heavy (non-hydrogen) atoms. The van der Waals surface area contributed by atoms with Crippen molar-refractivity contribution in [3.05, 3.63) is 0 Å². The first kappa shape index (κ1) is 38.1. The van der Waals surface area contributed by atoms with Crippen molar-refractivity contribution >= 4 is 23.1 Å². The number of hydrogen-bond donors (Lipinski definition) is 0.